The average molecular weight is 285 g/mol. The van der Waals surface area contributed by atoms with Crippen molar-refractivity contribution in [2.45, 2.75) is 0 Å². The number of amides is 1. The van der Waals surface area contributed by atoms with Crippen molar-refractivity contribution in [3.8, 4) is 17.2 Å². The lowest BCUT2D eigenvalue weighted by atomic mass is 10.1. The largest absolute Gasteiger partial charge is 0.493 e. The summed E-state index contributed by atoms with van der Waals surface area (Å²) >= 11 is 1.68. The van der Waals surface area contributed by atoms with Crippen LogP contribution in [0, 0.1) is 0 Å². The van der Waals surface area contributed by atoms with Crippen molar-refractivity contribution in [2.75, 3.05) is 39.9 Å². The fraction of sp³-hybridized carbons (Fsp3) is 0.462. The van der Waals surface area contributed by atoms with Crippen molar-refractivity contribution in [1.82, 2.24) is 5.32 Å². The van der Waals surface area contributed by atoms with Gasteiger partial charge in [-0.2, -0.15) is 11.8 Å². The van der Waals surface area contributed by atoms with E-state index in [0.29, 0.717) is 29.4 Å². The second-order valence-corrected chi connectivity index (χ2v) is 4.65. The zero-order chi connectivity index (χ0) is 14.3. The summed E-state index contributed by atoms with van der Waals surface area (Å²) in [7, 11) is 4.57. The maximum atomic E-state index is 12.0. The molecule has 1 amide bonds. The van der Waals surface area contributed by atoms with Gasteiger partial charge in [0.15, 0.2) is 11.5 Å². The second kappa shape index (κ2) is 7.78. The Labute approximate surface area is 117 Å². The molecule has 0 aromatic heterocycles. The first-order valence-electron chi connectivity index (χ1n) is 5.75. The maximum Gasteiger partial charge on any atom is 0.251 e. The van der Waals surface area contributed by atoms with Crippen LogP contribution in [-0.4, -0.2) is 45.8 Å². The van der Waals surface area contributed by atoms with Crippen LogP contribution >= 0.6 is 11.8 Å². The summed E-state index contributed by atoms with van der Waals surface area (Å²) in [5, 5.41) is 2.83. The van der Waals surface area contributed by atoms with Gasteiger partial charge in [-0.1, -0.05) is 0 Å². The molecule has 0 fully saturated rings. The van der Waals surface area contributed by atoms with E-state index in [1.165, 1.54) is 21.3 Å². The molecule has 0 aliphatic carbocycles. The molecule has 0 atom stereocenters. The van der Waals surface area contributed by atoms with E-state index in [2.05, 4.69) is 5.32 Å². The zero-order valence-electron chi connectivity index (χ0n) is 11.6. The number of hydrogen-bond acceptors (Lipinski definition) is 5. The lowest BCUT2D eigenvalue weighted by Crippen LogP contribution is -2.25. The van der Waals surface area contributed by atoms with Gasteiger partial charge in [-0.15, -0.1) is 0 Å². The number of rotatable bonds is 7. The third-order valence-corrected chi connectivity index (χ3v) is 3.13. The molecule has 19 heavy (non-hydrogen) atoms. The number of benzene rings is 1. The summed E-state index contributed by atoms with van der Waals surface area (Å²) in [6, 6.07) is 3.27. The first kappa shape index (κ1) is 15.5. The number of thioether (sulfide) groups is 1. The highest BCUT2D eigenvalue weighted by atomic mass is 32.2. The van der Waals surface area contributed by atoms with E-state index in [-0.39, 0.29) is 5.91 Å². The molecule has 1 rings (SSSR count). The molecule has 5 nitrogen and oxygen atoms in total. The van der Waals surface area contributed by atoms with Crippen molar-refractivity contribution < 1.29 is 19.0 Å². The molecule has 0 radical (unpaired) electrons. The van der Waals surface area contributed by atoms with E-state index in [0.717, 1.165) is 5.75 Å². The molecule has 6 heteroatoms. The molecule has 0 spiro atoms. The van der Waals surface area contributed by atoms with E-state index in [9.17, 15) is 4.79 Å². The van der Waals surface area contributed by atoms with Crippen LogP contribution in [0.3, 0.4) is 0 Å². The SMILES string of the molecule is COc1cc(C(=O)NCCSC)cc(OC)c1OC. The molecular formula is C13H19NO4S. The number of carbonyl (C=O) groups is 1. The molecular weight excluding hydrogens is 266 g/mol. The van der Waals surface area contributed by atoms with Gasteiger partial charge in [0.1, 0.15) is 0 Å². The smallest absolute Gasteiger partial charge is 0.251 e. The van der Waals surface area contributed by atoms with Crippen LogP contribution in [0.4, 0.5) is 0 Å². The molecule has 106 valence electrons. The molecule has 0 heterocycles. The first-order chi connectivity index (χ1) is 9.17. The lowest BCUT2D eigenvalue weighted by molar-refractivity contribution is 0.0955. The highest BCUT2D eigenvalue weighted by Gasteiger charge is 2.16. The summed E-state index contributed by atoms with van der Waals surface area (Å²) < 4.78 is 15.6. The van der Waals surface area contributed by atoms with Gasteiger partial charge in [-0.25, -0.2) is 0 Å². The van der Waals surface area contributed by atoms with Crippen molar-refractivity contribution in [1.29, 1.82) is 0 Å². The van der Waals surface area contributed by atoms with Crippen molar-refractivity contribution in [2.24, 2.45) is 0 Å². The van der Waals surface area contributed by atoms with Crippen LogP contribution in [0.25, 0.3) is 0 Å². The van der Waals surface area contributed by atoms with Crippen LogP contribution in [0.5, 0.6) is 17.2 Å². The van der Waals surface area contributed by atoms with Gasteiger partial charge in [0.25, 0.3) is 5.91 Å². The Morgan fingerprint density at radius 1 is 1.16 bits per heavy atom. The molecule has 1 aromatic rings. The predicted molar refractivity (Wildman–Crippen MR) is 76.8 cm³/mol. The number of nitrogens with one attached hydrogen (secondary N) is 1. The Bertz CT molecular complexity index is 412. The number of carbonyl (C=O) groups excluding carboxylic acids is 1. The van der Waals surface area contributed by atoms with E-state index in [1.807, 2.05) is 6.26 Å². The van der Waals surface area contributed by atoms with Crippen LogP contribution in [-0.2, 0) is 0 Å². The molecule has 0 aliphatic heterocycles. The van der Waals surface area contributed by atoms with Gasteiger partial charge in [-0.05, 0) is 18.4 Å². The fourth-order valence-corrected chi connectivity index (χ4v) is 1.89. The summed E-state index contributed by atoms with van der Waals surface area (Å²) in [5.74, 6) is 2.13. The number of ether oxygens (including phenoxy) is 3. The second-order valence-electron chi connectivity index (χ2n) is 3.66. The highest BCUT2D eigenvalue weighted by Crippen LogP contribution is 2.38. The topological polar surface area (TPSA) is 56.8 Å². The van der Waals surface area contributed by atoms with Gasteiger partial charge in [0.2, 0.25) is 5.75 Å². The van der Waals surface area contributed by atoms with Crippen molar-refractivity contribution >= 4 is 17.7 Å². The first-order valence-corrected chi connectivity index (χ1v) is 7.14. The fourth-order valence-electron chi connectivity index (χ4n) is 1.58. The monoisotopic (exact) mass is 285 g/mol. The lowest BCUT2D eigenvalue weighted by Gasteiger charge is -2.14. The average Bonchev–Trinajstić information content (AvgIpc) is 2.45. The molecule has 0 saturated carbocycles. The van der Waals surface area contributed by atoms with Gasteiger partial charge in [-0.3, -0.25) is 4.79 Å². The minimum absolute atomic E-state index is 0.159. The van der Waals surface area contributed by atoms with E-state index in [4.69, 9.17) is 14.2 Å². The van der Waals surface area contributed by atoms with E-state index < -0.39 is 0 Å². The summed E-state index contributed by atoms with van der Waals surface area (Å²) in [6.07, 6.45) is 1.99. The Morgan fingerprint density at radius 2 is 1.74 bits per heavy atom. The molecule has 0 aliphatic rings. The van der Waals surface area contributed by atoms with Gasteiger partial charge >= 0.3 is 0 Å². The minimum Gasteiger partial charge on any atom is -0.493 e. The summed E-state index contributed by atoms with van der Waals surface area (Å²) in [5.41, 5.74) is 0.482. The Morgan fingerprint density at radius 3 is 2.16 bits per heavy atom. The maximum absolute atomic E-state index is 12.0. The predicted octanol–water partition coefficient (Wildman–Crippen LogP) is 1.81. The molecule has 0 unspecified atom stereocenters. The minimum atomic E-state index is -0.159. The Balaban J connectivity index is 2.98. The Hall–Kier alpha value is -1.56. The molecule has 0 bridgehead atoms. The van der Waals surface area contributed by atoms with Crippen LogP contribution in [0.1, 0.15) is 10.4 Å². The summed E-state index contributed by atoms with van der Waals surface area (Å²) in [6.45, 7) is 0.622. The number of hydrogen-bond donors (Lipinski definition) is 1. The normalized spacial score (nSPS) is 9.89. The number of methoxy groups -OCH3 is 3. The third-order valence-electron chi connectivity index (χ3n) is 2.52. The summed E-state index contributed by atoms with van der Waals surface area (Å²) in [4.78, 5) is 12.0. The highest BCUT2D eigenvalue weighted by molar-refractivity contribution is 7.98. The third kappa shape index (κ3) is 3.96. The molecule has 1 aromatic carbocycles. The quantitative estimate of drug-likeness (QED) is 0.774. The van der Waals surface area contributed by atoms with E-state index >= 15 is 0 Å². The van der Waals surface area contributed by atoms with Gasteiger partial charge in [0.05, 0.1) is 21.3 Å². The zero-order valence-corrected chi connectivity index (χ0v) is 12.4. The molecule has 1 N–H and O–H groups in total. The standard InChI is InChI=1S/C13H19NO4S/c1-16-10-7-9(13(15)14-5-6-19-4)8-11(17-2)12(10)18-3/h7-8H,5-6H2,1-4H3,(H,14,15). The Kier molecular flexibility index (Phi) is 6.35. The van der Waals surface area contributed by atoms with Crippen LogP contribution < -0.4 is 19.5 Å². The van der Waals surface area contributed by atoms with Gasteiger partial charge in [0, 0.05) is 17.9 Å². The van der Waals surface area contributed by atoms with E-state index in [1.54, 1.807) is 23.9 Å². The van der Waals surface area contributed by atoms with Crippen LogP contribution in [0.2, 0.25) is 0 Å². The van der Waals surface area contributed by atoms with Crippen molar-refractivity contribution in [3.63, 3.8) is 0 Å². The van der Waals surface area contributed by atoms with Crippen LogP contribution in [0.15, 0.2) is 12.1 Å². The van der Waals surface area contributed by atoms with Gasteiger partial charge < -0.3 is 19.5 Å². The van der Waals surface area contributed by atoms with Crippen molar-refractivity contribution in [3.05, 3.63) is 17.7 Å². The molecule has 0 saturated heterocycles.